The number of cyclic esters (lactones) is 1. The highest BCUT2D eigenvalue weighted by atomic mass is 28.4. The van der Waals surface area contributed by atoms with Gasteiger partial charge in [0.2, 0.25) is 5.79 Å². The average molecular weight is 965 g/mol. The van der Waals surface area contributed by atoms with Gasteiger partial charge in [0.15, 0.2) is 29.2 Å². The van der Waals surface area contributed by atoms with Crippen LogP contribution in [-0.4, -0.2) is 167 Å². The van der Waals surface area contributed by atoms with E-state index >= 15 is 0 Å². The van der Waals surface area contributed by atoms with Gasteiger partial charge in [0.25, 0.3) is 0 Å². The topological polar surface area (TPSA) is 186 Å². The Morgan fingerprint density at radius 3 is 1.94 bits per heavy atom. The molecule has 3 fully saturated rings. The van der Waals surface area contributed by atoms with Gasteiger partial charge < -0.3 is 67.1 Å². The average Bonchev–Trinajstić information content (AvgIpc) is 3.17. The molecule has 0 spiro atoms. The van der Waals surface area contributed by atoms with Crippen LogP contribution < -0.4 is 0 Å². The Hall–Kier alpha value is -1.11. The molecule has 0 aromatic heterocycles. The molecule has 18 atom stereocenters. The summed E-state index contributed by atoms with van der Waals surface area (Å²) in [5.41, 5.74) is -4.12. The van der Waals surface area contributed by atoms with E-state index in [4.69, 9.17) is 46.8 Å². The molecule has 0 aromatic carbocycles. The van der Waals surface area contributed by atoms with Crippen molar-refractivity contribution in [2.24, 2.45) is 28.8 Å². The van der Waals surface area contributed by atoms with E-state index in [0.717, 1.165) is 0 Å². The van der Waals surface area contributed by atoms with Gasteiger partial charge >= 0.3 is 5.97 Å². The molecule has 3 rings (SSSR count). The molecule has 0 aliphatic carbocycles. The Labute approximate surface area is 394 Å². The molecule has 18 heteroatoms. The number of hydrogen-bond acceptors (Lipinski definition) is 16. The van der Waals surface area contributed by atoms with E-state index in [1.807, 2.05) is 48.7 Å². The predicted octanol–water partition coefficient (Wildman–Crippen LogP) is 6.69. The van der Waals surface area contributed by atoms with Crippen molar-refractivity contribution in [3.05, 3.63) is 0 Å². The van der Waals surface area contributed by atoms with Gasteiger partial charge in [0.05, 0.1) is 59.5 Å². The number of oxime groups is 1. The molecular weight excluding hydrogens is 873 g/mol. The first-order valence-electron chi connectivity index (χ1n) is 23.9. The summed E-state index contributed by atoms with van der Waals surface area (Å²) in [5, 5.41) is 42.0. The second kappa shape index (κ2) is 22.3. The van der Waals surface area contributed by atoms with Crippen LogP contribution in [0.1, 0.15) is 109 Å². The van der Waals surface area contributed by atoms with Crippen molar-refractivity contribution < 1.29 is 67.0 Å². The van der Waals surface area contributed by atoms with Gasteiger partial charge in [-0.3, -0.25) is 4.79 Å². The van der Waals surface area contributed by atoms with Gasteiger partial charge in [0.1, 0.15) is 17.8 Å². The lowest BCUT2D eigenvalue weighted by Gasteiger charge is -2.51. The molecule has 0 amide bonds. The monoisotopic (exact) mass is 965 g/mol. The third-order valence-electron chi connectivity index (χ3n) is 13.6. The zero-order valence-corrected chi connectivity index (χ0v) is 46.2. The van der Waals surface area contributed by atoms with Gasteiger partial charge in [-0.05, 0) is 114 Å². The van der Waals surface area contributed by atoms with Crippen molar-refractivity contribution in [1.29, 1.82) is 0 Å². The van der Waals surface area contributed by atoms with Crippen molar-refractivity contribution >= 4 is 28.3 Å². The number of esters is 1. The van der Waals surface area contributed by atoms with E-state index in [2.05, 4.69) is 49.3 Å². The zero-order chi connectivity index (χ0) is 50.0. The molecule has 0 radical (unpaired) electrons. The van der Waals surface area contributed by atoms with Gasteiger partial charge in [-0.1, -0.05) is 32.9 Å². The molecule has 0 bridgehead atoms. The maximum Gasteiger partial charge on any atom is 0.311 e. The lowest BCUT2D eigenvalue weighted by Crippen LogP contribution is -2.62. The summed E-state index contributed by atoms with van der Waals surface area (Å²) < 4.78 is 59.1. The molecule has 3 N–H and O–H groups in total. The Kier molecular flexibility index (Phi) is 20.0. The highest BCUT2D eigenvalue weighted by molar-refractivity contribution is 6.70. The van der Waals surface area contributed by atoms with Crippen LogP contribution in [0.2, 0.25) is 39.3 Å². The third kappa shape index (κ3) is 15.0. The minimum Gasteiger partial charge on any atom is -0.459 e. The Bertz CT molecular complexity index is 1550. The van der Waals surface area contributed by atoms with Gasteiger partial charge in [0, 0.05) is 58.3 Å². The molecule has 3 aliphatic heterocycles. The van der Waals surface area contributed by atoms with E-state index in [9.17, 15) is 20.1 Å². The minimum absolute atomic E-state index is 0.0346. The van der Waals surface area contributed by atoms with Crippen molar-refractivity contribution in [3.8, 4) is 0 Å². The highest BCUT2D eigenvalue weighted by Gasteiger charge is 2.55. The van der Waals surface area contributed by atoms with Crippen LogP contribution in [0.25, 0.3) is 0 Å². The lowest BCUT2D eigenvalue weighted by molar-refractivity contribution is -0.315. The quantitative estimate of drug-likeness (QED) is 0.0724. The molecule has 0 saturated carbocycles. The van der Waals surface area contributed by atoms with E-state index in [1.54, 1.807) is 48.7 Å². The normalized spacial score (nSPS) is 43.0. The zero-order valence-electron chi connectivity index (χ0n) is 44.2. The number of aliphatic hydroxyl groups excluding tert-OH is 1. The fourth-order valence-electron chi connectivity index (χ4n) is 9.90. The number of rotatable bonds is 14. The van der Waals surface area contributed by atoms with Gasteiger partial charge in [-0.25, -0.2) is 0 Å². The molecule has 3 heterocycles. The van der Waals surface area contributed by atoms with Gasteiger partial charge in [-0.15, -0.1) is 0 Å². The van der Waals surface area contributed by atoms with Crippen LogP contribution in [0.15, 0.2) is 5.16 Å². The SMILES string of the molecule is CC[C@H]1OC(=O)[C@H](C)[C@@H](OC2CC(C)(OC)C(O[Si](C)(C)C)C(C)O2)[C@H](C)[C@@H](OC2OC(C)CC(N(C)C)C2O[Si](C)(C)C)[C@](C)(O)C[C@@H](C)C(=NOC(C)(C)OC)[C@H](C)[C@@H](O)[C@]1(C)O. The van der Waals surface area contributed by atoms with E-state index in [-0.39, 0.29) is 31.4 Å². The number of ether oxygens (including phenoxy) is 7. The molecule has 8 unspecified atom stereocenters. The van der Waals surface area contributed by atoms with Crippen LogP contribution in [0.3, 0.4) is 0 Å². The molecule has 3 saturated heterocycles. The number of likely N-dealkylation sites (N-methyl/N-ethyl adjacent to an activating group) is 1. The van der Waals surface area contributed by atoms with E-state index < -0.39 is 124 Å². The predicted molar refractivity (Wildman–Crippen MR) is 255 cm³/mol. The summed E-state index contributed by atoms with van der Waals surface area (Å²) in [7, 11) is 2.90. The van der Waals surface area contributed by atoms with Crippen molar-refractivity contribution in [2.45, 2.75) is 238 Å². The number of carbonyl (C=O) groups is 1. The molecule has 65 heavy (non-hydrogen) atoms. The number of hydrogen-bond donors (Lipinski definition) is 3. The minimum atomic E-state index is -2.22. The summed E-state index contributed by atoms with van der Waals surface area (Å²) in [6.07, 6.45) is -6.97. The van der Waals surface area contributed by atoms with Crippen molar-refractivity contribution in [3.63, 3.8) is 0 Å². The standard InChI is InChI=1S/C47H92N2O14Si2/c1-23-34-47(12,53)39(50)29(4)36(48-63-44(8,9)54-15)27(2)25-45(10,52)40(60-43-38(61-64(17,18)19)33(49(13)14)24-28(3)56-43)30(5)37(31(6)42(51)58-34)59-35-26-46(11,55-16)41(32(7)57-35)62-65(20,21)22/h27-35,37-41,43,50,52-53H,23-26H2,1-22H3/t27-,28?,29+,30+,31-,32?,33?,34-,35?,37+,38?,39-,40-,41?,43?,45-,46?,47-/m1/s1. The molecule has 3 aliphatic rings. The van der Waals surface area contributed by atoms with Crippen LogP contribution in [-0.2, 0) is 51.6 Å². The smallest absolute Gasteiger partial charge is 0.311 e. The summed E-state index contributed by atoms with van der Waals surface area (Å²) in [6.45, 7) is 34.2. The molecule has 16 nitrogen and oxygen atoms in total. The second-order valence-electron chi connectivity index (χ2n) is 22.7. The Balaban J connectivity index is 2.35. The van der Waals surface area contributed by atoms with Crippen molar-refractivity contribution in [1.82, 2.24) is 4.90 Å². The fourth-order valence-corrected chi connectivity index (χ4v) is 12.2. The van der Waals surface area contributed by atoms with Gasteiger partial charge in [-0.2, -0.15) is 0 Å². The molecule has 382 valence electrons. The summed E-state index contributed by atoms with van der Waals surface area (Å²) in [5.74, 6) is -5.02. The van der Waals surface area contributed by atoms with Crippen molar-refractivity contribution in [2.75, 3.05) is 28.3 Å². The third-order valence-corrected chi connectivity index (χ3v) is 15.6. The summed E-state index contributed by atoms with van der Waals surface area (Å²) in [4.78, 5) is 22.8. The first kappa shape index (κ1) is 58.2. The number of carbonyl (C=O) groups excluding carboxylic acids is 1. The number of aliphatic hydroxyl groups is 3. The van der Waals surface area contributed by atoms with Crippen LogP contribution in [0.4, 0.5) is 0 Å². The van der Waals surface area contributed by atoms with Crippen LogP contribution in [0.5, 0.6) is 0 Å². The Morgan fingerprint density at radius 1 is 0.846 bits per heavy atom. The molecule has 0 aromatic rings. The van der Waals surface area contributed by atoms with Crippen LogP contribution in [0, 0.1) is 23.7 Å². The van der Waals surface area contributed by atoms with E-state index in [1.165, 1.54) is 14.0 Å². The first-order chi connectivity index (χ1) is 29.5. The molecular formula is C47H92N2O14Si2. The maximum absolute atomic E-state index is 14.7. The summed E-state index contributed by atoms with van der Waals surface area (Å²) in [6, 6.07) is -0.0783. The first-order valence-corrected chi connectivity index (χ1v) is 30.7. The highest BCUT2D eigenvalue weighted by Crippen LogP contribution is 2.42. The maximum atomic E-state index is 14.7. The van der Waals surface area contributed by atoms with Crippen LogP contribution >= 0.6 is 0 Å². The number of methoxy groups -OCH3 is 2. The Morgan fingerprint density at radius 2 is 1.43 bits per heavy atom. The largest absolute Gasteiger partial charge is 0.459 e. The summed E-state index contributed by atoms with van der Waals surface area (Å²) >= 11 is 0. The lowest BCUT2D eigenvalue weighted by atomic mass is 9.73. The fraction of sp³-hybridized carbons (Fsp3) is 0.957. The second-order valence-corrected chi connectivity index (χ2v) is 31.6. The van der Waals surface area contributed by atoms with E-state index in [0.29, 0.717) is 12.1 Å². The number of nitrogens with zero attached hydrogens (tertiary/aromatic N) is 2.